The number of amides is 10. The summed E-state index contributed by atoms with van der Waals surface area (Å²) >= 11 is 0. The lowest BCUT2D eigenvalue weighted by atomic mass is 9.80. The summed E-state index contributed by atoms with van der Waals surface area (Å²) in [7, 11) is 0. The molecule has 0 bridgehead atoms. The van der Waals surface area contributed by atoms with Gasteiger partial charge in [-0.2, -0.15) is 0 Å². The first kappa shape index (κ1) is 78.1. The van der Waals surface area contributed by atoms with Crippen molar-refractivity contribution >= 4 is 114 Å². The highest BCUT2D eigenvalue weighted by Crippen LogP contribution is 2.58. The topological polar surface area (TPSA) is 269 Å². The number of nitrogens with one attached hydrogen (secondary N) is 4. The highest BCUT2D eigenvalue weighted by atomic mass is 16.5. The molecule has 0 fully saturated rings. The second-order valence-electron chi connectivity index (χ2n) is 28.2. The number of fused-ring (bicyclic) bond motifs is 2. The van der Waals surface area contributed by atoms with Crippen molar-refractivity contribution in [3.05, 3.63) is 275 Å². The van der Waals surface area contributed by atoms with E-state index >= 15 is 19.2 Å². The van der Waals surface area contributed by atoms with Crippen LogP contribution < -0.4 is 50.0 Å². The van der Waals surface area contributed by atoms with Crippen molar-refractivity contribution in [3.63, 3.8) is 0 Å². The van der Waals surface area contributed by atoms with Gasteiger partial charge in [-0.05, 0) is 187 Å². The molecule has 0 aliphatic carbocycles. The van der Waals surface area contributed by atoms with Gasteiger partial charge in [0.25, 0.3) is 23.6 Å². The highest BCUT2D eigenvalue weighted by Gasteiger charge is 2.43. The fourth-order valence-corrected chi connectivity index (χ4v) is 14.2. The van der Waals surface area contributed by atoms with Crippen molar-refractivity contribution in [2.45, 2.75) is 67.2 Å². The number of hydrogen-bond donors (Lipinski definition) is 4. The summed E-state index contributed by atoms with van der Waals surface area (Å²) in [6.45, 7) is 25.1. The number of benzene rings is 11. The van der Waals surface area contributed by atoms with Crippen molar-refractivity contribution in [2.24, 2.45) is 0 Å². The minimum atomic E-state index is -0.856. The molecular weight excluding hydrogens is 1440 g/mol. The molecule has 2 heterocycles. The predicted octanol–water partition coefficient (Wildman–Crippen LogP) is 15.1. The molecule has 576 valence electrons. The Bertz CT molecular complexity index is 5130. The molecule has 4 N–H and O–H groups in total. The van der Waals surface area contributed by atoms with Gasteiger partial charge in [-0.25, -0.2) is 0 Å². The molecule has 0 unspecified atom stereocenters. The van der Waals surface area contributed by atoms with Gasteiger partial charge in [0.05, 0.1) is 22.3 Å². The van der Waals surface area contributed by atoms with E-state index in [-0.39, 0.29) is 174 Å². The molecule has 11 aromatic rings. The summed E-state index contributed by atoms with van der Waals surface area (Å²) in [4.78, 5) is 149. The fourth-order valence-electron chi connectivity index (χ4n) is 14.2. The van der Waals surface area contributed by atoms with Crippen LogP contribution in [0.5, 0.6) is 46.0 Å². The normalized spacial score (nSPS) is 12.2. The van der Waals surface area contributed by atoms with E-state index in [0.29, 0.717) is 59.4 Å². The number of imide groups is 2. The molecule has 0 atom stereocenters. The third-order valence-corrected chi connectivity index (χ3v) is 20.0. The van der Waals surface area contributed by atoms with Gasteiger partial charge in [0, 0.05) is 116 Å². The van der Waals surface area contributed by atoms with E-state index in [9.17, 15) is 28.8 Å². The molecule has 11 aromatic carbocycles. The molecule has 2 aliphatic heterocycles. The van der Waals surface area contributed by atoms with Crippen molar-refractivity contribution in [2.75, 3.05) is 62.2 Å². The number of carbonyl (C=O) groups excluding carboxylic acids is 10. The van der Waals surface area contributed by atoms with Gasteiger partial charge >= 0.3 is 0 Å². The van der Waals surface area contributed by atoms with Crippen LogP contribution in [0.25, 0.3) is 43.1 Å². The molecular formula is C92H84N8O14. The van der Waals surface area contributed by atoms with Crippen LogP contribution in [0.4, 0.5) is 11.4 Å². The van der Waals surface area contributed by atoms with Gasteiger partial charge in [-0.1, -0.05) is 111 Å². The largest absolute Gasteiger partial charge is 0.457 e. The first-order valence-electron chi connectivity index (χ1n) is 37.5. The van der Waals surface area contributed by atoms with Crippen molar-refractivity contribution < 1.29 is 66.9 Å². The SMILES string of the molecule is C=C(C)C(=O)NCCc1ccc(Oc2cc3c4c(cc(Oc5ccc(CCNC(=O)C(=C)C)cc5)c5c6c(Oc7ccc(CCNC(=O)C(=C)C)cc7)cc7c8c(cc(Oc9ccc(CCNC(=O)C(=C)C)cc9)c(c2c45)c86)C(=O)N(CC(=O)N(CC)c2ccccc2)C7=O)C(=O)N(CC(=O)N(CC)c2ccccc2)C3=O)cc1. The number of carbonyl (C=O) groups is 10. The molecule has 10 amide bonds. The molecule has 0 saturated carbocycles. The summed E-state index contributed by atoms with van der Waals surface area (Å²) in [5.41, 5.74) is 5.45. The molecule has 0 spiro atoms. The Kier molecular flexibility index (Phi) is 23.1. The van der Waals surface area contributed by atoms with Crippen LogP contribution in [0.15, 0.2) is 231 Å². The number of nitrogens with zero attached hydrogens (tertiary/aromatic N) is 4. The van der Waals surface area contributed by atoms with Gasteiger partial charge < -0.3 is 50.0 Å². The number of ether oxygens (including phenoxy) is 4. The van der Waals surface area contributed by atoms with E-state index in [2.05, 4.69) is 47.6 Å². The van der Waals surface area contributed by atoms with E-state index in [4.69, 9.17) is 18.9 Å². The van der Waals surface area contributed by atoms with Gasteiger partial charge in [0.15, 0.2) is 0 Å². The summed E-state index contributed by atoms with van der Waals surface area (Å²) in [5.74, 6) is -4.83. The fraction of sp³-hybridized carbons (Fsp3) is 0.196. The van der Waals surface area contributed by atoms with E-state index in [1.165, 1.54) is 34.1 Å². The Morgan fingerprint density at radius 1 is 0.325 bits per heavy atom. The van der Waals surface area contributed by atoms with Gasteiger partial charge in [0.2, 0.25) is 35.4 Å². The average Bonchev–Trinajstić information content (AvgIpc) is 0.671. The molecule has 0 saturated heterocycles. The maximum absolute atomic E-state index is 16.1. The maximum Gasteiger partial charge on any atom is 0.262 e. The Labute approximate surface area is 658 Å². The van der Waals surface area contributed by atoms with Crippen molar-refractivity contribution in [3.8, 4) is 46.0 Å². The van der Waals surface area contributed by atoms with Crippen LogP contribution >= 0.6 is 0 Å². The minimum Gasteiger partial charge on any atom is -0.457 e. The Morgan fingerprint density at radius 3 is 0.763 bits per heavy atom. The van der Waals surface area contributed by atoms with E-state index in [1.54, 1.807) is 139 Å². The summed E-state index contributed by atoms with van der Waals surface area (Å²) < 4.78 is 29.0. The molecule has 22 heteroatoms. The number of hydrogen-bond acceptors (Lipinski definition) is 14. The first-order chi connectivity index (χ1) is 54.9. The first-order valence-corrected chi connectivity index (χ1v) is 37.5. The number of rotatable bonds is 32. The average molecular weight is 1530 g/mol. The van der Waals surface area contributed by atoms with Gasteiger partial charge in [-0.15, -0.1) is 0 Å². The molecule has 2 aliphatic rings. The Hall–Kier alpha value is -14.0. The quantitative estimate of drug-likeness (QED) is 0.0132. The van der Waals surface area contributed by atoms with Crippen LogP contribution in [0.1, 0.15) is 105 Å². The van der Waals surface area contributed by atoms with Crippen LogP contribution in [0, 0.1) is 0 Å². The highest BCUT2D eigenvalue weighted by molar-refractivity contribution is 6.45. The van der Waals surface area contributed by atoms with Crippen LogP contribution in [-0.2, 0) is 54.5 Å². The number of anilines is 2. The van der Waals surface area contributed by atoms with E-state index in [1.807, 2.05) is 60.7 Å². The van der Waals surface area contributed by atoms with Gasteiger partial charge in [-0.3, -0.25) is 57.7 Å². The van der Waals surface area contributed by atoms with E-state index in [0.717, 1.165) is 32.1 Å². The molecule has 114 heavy (non-hydrogen) atoms. The summed E-state index contributed by atoms with van der Waals surface area (Å²) in [6, 6.07) is 52.1. The molecule has 0 aromatic heterocycles. The minimum absolute atomic E-state index is 0.0121. The van der Waals surface area contributed by atoms with E-state index < -0.39 is 48.5 Å². The lowest BCUT2D eigenvalue weighted by Gasteiger charge is -2.33. The zero-order chi connectivity index (χ0) is 80.8. The maximum atomic E-state index is 16.1. The van der Waals surface area contributed by atoms with Gasteiger partial charge in [0.1, 0.15) is 59.1 Å². The number of likely N-dealkylation sites (N-methyl/N-ethyl adjacent to an activating group) is 2. The lowest BCUT2D eigenvalue weighted by Crippen LogP contribution is -2.47. The third-order valence-electron chi connectivity index (χ3n) is 20.0. The predicted molar refractivity (Wildman–Crippen MR) is 439 cm³/mol. The lowest BCUT2D eigenvalue weighted by molar-refractivity contribution is -0.119. The zero-order valence-corrected chi connectivity index (χ0v) is 64.1. The molecule has 0 radical (unpaired) electrons. The third kappa shape index (κ3) is 16.3. The summed E-state index contributed by atoms with van der Waals surface area (Å²) in [6.07, 6.45) is 1.67. The Balaban J connectivity index is 1.12. The Morgan fingerprint density at radius 2 is 0.553 bits per heavy atom. The van der Waals surface area contributed by atoms with Crippen LogP contribution in [0.2, 0.25) is 0 Å². The monoisotopic (exact) mass is 1520 g/mol. The number of para-hydroxylation sites is 2. The van der Waals surface area contributed by atoms with Crippen LogP contribution in [0.3, 0.4) is 0 Å². The van der Waals surface area contributed by atoms with Crippen molar-refractivity contribution in [1.82, 2.24) is 31.1 Å². The standard InChI is InChI=1S/C92H84N8O14/c1-11-97(61-19-15-13-16-20-61)75(101)51-99-89(107)67-47-71(111-63-31-23-57(24-32-63)39-43-93-85(103)53(3)4)79-81-73(113-65-35-27-59(28-36-65)41-45-95-87(105)55(7)8)49-69-78-70(92(110)100(91(69)109)52-76(102)98(12-2)62-21-17-14-18-22-62)50-74(114-66-37-29-60(30-38-66)42-46-96-88(106)56(9)10)82(84(78)81)80-72(48-68(90(99)108)77(67)83(79)80)112-64-33-25-58(26-34-64)40-44-94-86(104)54(5)6/h13-38,47-50H,3,5,7,9,11-12,39-46,51-52H2,1-2,4,6,8,10H3,(H,93,103)(H,94,104)(H,95,105)(H,96,106). The second-order valence-corrected chi connectivity index (χ2v) is 28.2. The summed E-state index contributed by atoms with van der Waals surface area (Å²) in [5, 5.41) is 12.8. The van der Waals surface area contributed by atoms with Crippen LogP contribution in [-0.4, -0.2) is 121 Å². The molecule has 13 rings (SSSR count). The zero-order valence-electron chi connectivity index (χ0n) is 64.1. The molecule has 22 nitrogen and oxygen atoms in total. The second kappa shape index (κ2) is 33.7. The smallest absolute Gasteiger partial charge is 0.262 e. The van der Waals surface area contributed by atoms with Crippen molar-refractivity contribution in [1.29, 1.82) is 0 Å².